The van der Waals surface area contributed by atoms with E-state index in [2.05, 4.69) is 9.97 Å². The summed E-state index contributed by atoms with van der Waals surface area (Å²) in [7, 11) is 0. The molecule has 0 aliphatic heterocycles. The predicted octanol–water partition coefficient (Wildman–Crippen LogP) is 2.03. The highest BCUT2D eigenvalue weighted by molar-refractivity contribution is 5.63. The summed E-state index contributed by atoms with van der Waals surface area (Å²) in [4.78, 5) is 8.29. The van der Waals surface area contributed by atoms with Gasteiger partial charge in [0.2, 0.25) is 0 Å². The minimum atomic E-state index is 0.540. The van der Waals surface area contributed by atoms with Crippen molar-refractivity contribution in [1.29, 1.82) is 0 Å². The van der Waals surface area contributed by atoms with Crippen LogP contribution in [-0.4, -0.2) is 9.97 Å². The van der Waals surface area contributed by atoms with Crippen molar-refractivity contribution in [2.45, 2.75) is 6.92 Å². The molecule has 0 aromatic carbocycles. The van der Waals surface area contributed by atoms with Gasteiger partial charge in [0, 0.05) is 18.0 Å². The first-order chi connectivity index (χ1) is 6.77. The molecule has 0 saturated heterocycles. The molecule has 2 rings (SSSR count). The topological polar surface area (TPSA) is 51.8 Å². The van der Waals surface area contributed by atoms with E-state index in [0.29, 0.717) is 5.82 Å². The van der Waals surface area contributed by atoms with Gasteiger partial charge >= 0.3 is 0 Å². The Morgan fingerprint density at radius 1 is 1.21 bits per heavy atom. The van der Waals surface area contributed by atoms with Crippen LogP contribution in [0.1, 0.15) is 5.56 Å². The third-order valence-electron chi connectivity index (χ3n) is 2.07. The van der Waals surface area contributed by atoms with Crippen molar-refractivity contribution in [1.82, 2.24) is 9.97 Å². The standard InChI is InChI=1S/C11H11N3/c1-8-7-13-6-5-9(8)10-3-2-4-11(12)14-10/h2-7H,1H3,(H2,12,14). The molecule has 0 aliphatic carbocycles. The molecule has 2 heterocycles. The van der Waals surface area contributed by atoms with E-state index in [1.54, 1.807) is 12.3 Å². The zero-order valence-electron chi connectivity index (χ0n) is 7.94. The van der Waals surface area contributed by atoms with Gasteiger partial charge in [-0.2, -0.15) is 0 Å². The Morgan fingerprint density at radius 2 is 2.07 bits per heavy atom. The van der Waals surface area contributed by atoms with Gasteiger partial charge in [0.25, 0.3) is 0 Å². The number of anilines is 1. The Hall–Kier alpha value is -1.90. The van der Waals surface area contributed by atoms with Crippen LogP contribution in [0, 0.1) is 6.92 Å². The van der Waals surface area contributed by atoms with Gasteiger partial charge in [0.1, 0.15) is 5.82 Å². The van der Waals surface area contributed by atoms with Crippen molar-refractivity contribution in [2.24, 2.45) is 0 Å². The van der Waals surface area contributed by atoms with Crippen LogP contribution in [0.4, 0.5) is 5.82 Å². The number of nitrogens with two attached hydrogens (primary N) is 1. The summed E-state index contributed by atoms with van der Waals surface area (Å²) in [6, 6.07) is 7.56. The van der Waals surface area contributed by atoms with Crippen molar-refractivity contribution in [3.8, 4) is 11.3 Å². The first-order valence-electron chi connectivity index (χ1n) is 4.41. The lowest BCUT2D eigenvalue weighted by molar-refractivity contribution is 1.24. The quantitative estimate of drug-likeness (QED) is 0.739. The molecule has 0 aliphatic rings. The summed E-state index contributed by atoms with van der Waals surface area (Å²) in [5.74, 6) is 0.540. The third kappa shape index (κ3) is 1.57. The number of aryl methyl sites for hydroxylation is 1. The van der Waals surface area contributed by atoms with Gasteiger partial charge in [-0.15, -0.1) is 0 Å². The molecule has 70 valence electrons. The first-order valence-corrected chi connectivity index (χ1v) is 4.41. The van der Waals surface area contributed by atoms with Gasteiger partial charge < -0.3 is 5.73 Å². The van der Waals surface area contributed by atoms with E-state index in [1.165, 1.54) is 0 Å². The van der Waals surface area contributed by atoms with Crippen LogP contribution in [0.15, 0.2) is 36.7 Å². The molecule has 0 fully saturated rings. The van der Waals surface area contributed by atoms with Gasteiger partial charge in [-0.3, -0.25) is 4.98 Å². The van der Waals surface area contributed by atoms with Crippen LogP contribution < -0.4 is 5.73 Å². The van der Waals surface area contributed by atoms with E-state index in [-0.39, 0.29) is 0 Å². The molecule has 0 unspecified atom stereocenters. The zero-order chi connectivity index (χ0) is 9.97. The Balaban J connectivity index is 2.55. The molecule has 0 saturated carbocycles. The second-order valence-electron chi connectivity index (χ2n) is 3.14. The van der Waals surface area contributed by atoms with Crippen LogP contribution >= 0.6 is 0 Å². The largest absolute Gasteiger partial charge is 0.384 e. The average molecular weight is 185 g/mol. The summed E-state index contributed by atoms with van der Waals surface area (Å²) in [5.41, 5.74) is 8.69. The molecule has 3 nitrogen and oxygen atoms in total. The second kappa shape index (κ2) is 3.46. The number of pyridine rings is 2. The van der Waals surface area contributed by atoms with E-state index >= 15 is 0 Å². The highest BCUT2D eigenvalue weighted by atomic mass is 14.8. The molecule has 0 amide bonds. The first kappa shape index (κ1) is 8.69. The summed E-state index contributed by atoms with van der Waals surface area (Å²) in [6.45, 7) is 2.01. The lowest BCUT2D eigenvalue weighted by Gasteiger charge is -2.04. The fourth-order valence-electron chi connectivity index (χ4n) is 1.36. The van der Waals surface area contributed by atoms with Crippen molar-refractivity contribution in [2.75, 3.05) is 5.73 Å². The maximum Gasteiger partial charge on any atom is 0.124 e. The lowest BCUT2D eigenvalue weighted by atomic mass is 10.1. The molecular weight excluding hydrogens is 174 g/mol. The van der Waals surface area contributed by atoms with E-state index in [1.807, 2.05) is 31.3 Å². The molecule has 0 atom stereocenters. The Kier molecular flexibility index (Phi) is 2.14. The number of aromatic nitrogens is 2. The van der Waals surface area contributed by atoms with Gasteiger partial charge in [-0.25, -0.2) is 4.98 Å². The fourth-order valence-corrected chi connectivity index (χ4v) is 1.36. The van der Waals surface area contributed by atoms with Crippen LogP contribution in [0.25, 0.3) is 11.3 Å². The average Bonchev–Trinajstić information content (AvgIpc) is 2.18. The molecule has 2 aromatic heterocycles. The lowest BCUT2D eigenvalue weighted by Crippen LogP contribution is -1.92. The molecule has 14 heavy (non-hydrogen) atoms. The molecule has 0 bridgehead atoms. The summed E-state index contributed by atoms with van der Waals surface area (Å²) in [6.07, 6.45) is 3.58. The van der Waals surface area contributed by atoms with Crippen LogP contribution in [0.5, 0.6) is 0 Å². The van der Waals surface area contributed by atoms with Crippen molar-refractivity contribution < 1.29 is 0 Å². The minimum absolute atomic E-state index is 0.540. The van der Waals surface area contributed by atoms with Crippen molar-refractivity contribution in [3.05, 3.63) is 42.2 Å². The molecule has 0 spiro atoms. The molecule has 0 radical (unpaired) electrons. The maximum absolute atomic E-state index is 5.62. The third-order valence-corrected chi connectivity index (χ3v) is 2.07. The monoisotopic (exact) mass is 185 g/mol. The van der Waals surface area contributed by atoms with Crippen LogP contribution in [0.2, 0.25) is 0 Å². The maximum atomic E-state index is 5.62. The minimum Gasteiger partial charge on any atom is -0.384 e. The number of nitrogens with zero attached hydrogens (tertiary/aromatic N) is 2. The van der Waals surface area contributed by atoms with E-state index in [0.717, 1.165) is 16.8 Å². The highest BCUT2D eigenvalue weighted by Gasteiger charge is 2.02. The van der Waals surface area contributed by atoms with Crippen molar-refractivity contribution >= 4 is 5.82 Å². The molecule has 3 heteroatoms. The SMILES string of the molecule is Cc1cnccc1-c1cccc(N)n1. The second-order valence-corrected chi connectivity index (χ2v) is 3.14. The predicted molar refractivity (Wildman–Crippen MR) is 56.6 cm³/mol. The number of nitrogen functional groups attached to an aromatic ring is 1. The van der Waals surface area contributed by atoms with Gasteiger partial charge in [-0.05, 0) is 30.7 Å². The number of hydrogen-bond donors (Lipinski definition) is 1. The van der Waals surface area contributed by atoms with Gasteiger partial charge in [0.15, 0.2) is 0 Å². The molecule has 2 N–H and O–H groups in total. The van der Waals surface area contributed by atoms with E-state index < -0.39 is 0 Å². The Labute approximate surface area is 82.6 Å². The van der Waals surface area contributed by atoms with E-state index in [9.17, 15) is 0 Å². The fraction of sp³-hybridized carbons (Fsp3) is 0.0909. The van der Waals surface area contributed by atoms with E-state index in [4.69, 9.17) is 5.73 Å². The zero-order valence-corrected chi connectivity index (χ0v) is 7.94. The molecule has 2 aromatic rings. The summed E-state index contributed by atoms with van der Waals surface area (Å²) in [5, 5.41) is 0. The molecular formula is C11H11N3. The number of rotatable bonds is 1. The Morgan fingerprint density at radius 3 is 2.79 bits per heavy atom. The normalized spacial score (nSPS) is 10.1. The highest BCUT2D eigenvalue weighted by Crippen LogP contribution is 2.20. The summed E-state index contributed by atoms with van der Waals surface area (Å²) >= 11 is 0. The Bertz CT molecular complexity index is 452. The van der Waals surface area contributed by atoms with Gasteiger partial charge in [-0.1, -0.05) is 6.07 Å². The smallest absolute Gasteiger partial charge is 0.124 e. The van der Waals surface area contributed by atoms with Gasteiger partial charge in [0.05, 0.1) is 5.69 Å². The summed E-state index contributed by atoms with van der Waals surface area (Å²) < 4.78 is 0. The number of hydrogen-bond acceptors (Lipinski definition) is 3. The van der Waals surface area contributed by atoms with Crippen LogP contribution in [0.3, 0.4) is 0 Å². The van der Waals surface area contributed by atoms with Crippen molar-refractivity contribution in [3.63, 3.8) is 0 Å². The van der Waals surface area contributed by atoms with Crippen LogP contribution in [-0.2, 0) is 0 Å².